The summed E-state index contributed by atoms with van der Waals surface area (Å²) in [6.07, 6.45) is 3.83. The van der Waals surface area contributed by atoms with E-state index in [2.05, 4.69) is 15.1 Å². The summed E-state index contributed by atoms with van der Waals surface area (Å²) in [4.78, 5) is 33.1. The zero-order valence-electron chi connectivity index (χ0n) is 14.4. The highest BCUT2D eigenvalue weighted by molar-refractivity contribution is 5.75. The number of fused-ring (bicyclic) bond motifs is 1. The van der Waals surface area contributed by atoms with Crippen molar-refractivity contribution in [3.8, 4) is 0 Å². The smallest absolute Gasteiger partial charge is 0.263 e. The maximum Gasteiger partial charge on any atom is 0.263 e. The van der Waals surface area contributed by atoms with Crippen LogP contribution in [0.1, 0.15) is 40.0 Å². The van der Waals surface area contributed by atoms with Gasteiger partial charge in [-0.1, -0.05) is 0 Å². The van der Waals surface area contributed by atoms with E-state index in [0.29, 0.717) is 29.9 Å². The Morgan fingerprint density at radius 3 is 2.88 bits per heavy atom. The molecule has 3 heterocycles. The number of hydrogen-bond donors (Lipinski definition) is 2. The third kappa shape index (κ3) is 3.13. The van der Waals surface area contributed by atoms with Crippen molar-refractivity contribution >= 4 is 22.9 Å². The molecule has 1 aliphatic heterocycles. The second-order valence-electron chi connectivity index (χ2n) is 7.48. The van der Waals surface area contributed by atoms with Crippen LogP contribution in [0.25, 0.3) is 11.0 Å². The van der Waals surface area contributed by atoms with Crippen LogP contribution < -0.4 is 16.2 Å². The van der Waals surface area contributed by atoms with Gasteiger partial charge in [0.15, 0.2) is 5.65 Å². The number of aromatic amines is 1. The summed E-state index contributed by atoms with van der Waals surface area (Å²) in [5, 5.41) is 4.81. The topological polar surface area (TPSA) is 110 Å². The van der Waals surface area contributed by atoms with Crippen molar-refractivity contribution in [3.05, 3.63) is 16.6 Å². The van der Waals surface area contributed by atoms with Gasteiger partial charge in [0.1, 0.15) is 5.39 Å². The lowest BCUT2D eigenvalue weighted by molar-refractivity contribution is -0.118. The summed E-state index contributed by atoms with van der Waals surface area (Å²) in [7, 11) is 0. The first kappa shape index (κ1) is 16.5. The number of rotatable bonds is 3. The lowest BCUT2D eigenvalue weighted by atomic mass is 9.95. The minimum atomic E-state index is -0.287. The van der Waals surface area contributed by atoms with Crippen LogP contribution in [-0.4, -0.2) is 38.7 Å². The molecule has 130 valence electrons. The van der Waals surface area contributed by atoms with Gasteiger partial charge in [-0.05, 0) is 39.5 Å². The zero-order chi connectivity index (χ0) is 17.5. The van der Waals surface area contributed by atoms with Crippen molar-refractivity contribution in [2.45, 2.75) is 45.6 Å². The molecule has 0 radical (unpaired) electrons. The first-order valence-corrected chi connectivity index (χ1v) is 8.27. The third-order valence-corrected chi connectivity index (χ3v) is 4.37. The van der Waals surface area contributed by atoms with E-state index in [1.807, 2.05) is 25.7 Å². The molecule has 0 aliphatic carbocycles. The largest absolute Gasteiger partial charge is 0.370 e. The van der Waals surface area contributed by atoms with Crippen molar-refractivity contribution in [2.24, 2.45) is 11.7 Å². The predicted molar refractivity (Wildman–Crippen MR) is 91.9 cm³/mol. The van der Waals surface area contributed by atoms with Gasteiger partial charge in [0, 0.05) is 19.5 Å². The quantitative estimate of drug-likeness (QED) is 0.870. The Labute approximate surface area is 140 Å². The number of hydrogen-bond acceptors (Lipinski definition) is 5. The summed E-state index contributed by atoms with van der Waals surface area (Å²) < 4.78 is 1.77. The second-order valence-corrected chi connectivity index (χ2v) is 7.48. The van der Waals surface area contributed by atoms with Crippen molar-refractivity contribution in [1.82, 2.24) is 19.7 Å². The van der Waals surface area contributed by atoms with Gasteiger partial charge in [0.2, 0.25) is 11.9 Å². The maximum absolute atomic E-state index is 12.4. The van der Waals surface area contributed by atoms with Crippen LogP contribution in [0.3, 0.4) is 0 Å². The third-order valence-electron chi connectivity index (χ3n) is 4.37. The molecular formula is C16H24N6O2. The van der Waals surface area contributed by atoms with E-state index < -0.39 is 0 Å². The zero-order valence-corrected chi connectivity index (χ0v) is 14.4. The molecule has 3 rings (SSSR count). The van der Waals surface area contributed by atoms with E-state index in [9.17, 15) is 9.59 Å². The Morgan fingerprint density at radius 2 is 2.21 bits per heavy atom. The molecule has 1 saturated heterocycles. The number of piperidine rings is 1. The summed E-state index contributed by atoms with van der Waals surface area (Å²) in [5.74, 6) is 0.446. The van der Waals surface area contributed by atoms with Crippen LogP contribution in [0, 0.1) is 5.92 Å². The fourth-order valence-electron chi connectivity index (χ4n) is 3.26. The Kier molecular flexibility index (Phi) is 4.06. The number of H-pyrrole nitrogens is 1. The SMILES string of the molecule is CC(C)(C)n1ncc2c(=O)[nH]c(N3CCCC(CC(N)=O)C3)nc21. The van der Waals surface area contributed by atoms with Crippen LogP contribution in [0.2, 0.25) is 0 Å². The highest BCUT2D eigenvalue weighted by Gasteiger charge is 2.25. The van der Waals surface area contributed by atoms with Crippen LogP contribution in [0.15, 0.2) is 11.0 Å². The number of nitrogens with two attached hydrogens (primary N) is 1. The van der Waals surface area contributed by atoms with Gasteiger partial charge in [-0.15, -0.1) is 0 Å². The van der Waals surface area contributed by atoms with E-state index in [1.165, 1.54) is 0 Å². The van der Waals surface area contributed by atoms with Crippen molar-refractivity contribution in [3.63, 3.8) is 0 Å². The summed E-state index contributed by atoms with van der Waals surface area (Å²) >= 11 is 0. The fraction of sp³-hybridized carbons (Fsp3) is 0.625. The molecule has 2 aromatic rings. The normalized spacial score (nSPS) is 19.0. The van der Waals surface area contributed by atoms with E-state index in [-0.39, 0.29) is 22.9 Å². The van der Waals surface area contributed by atoms with Crippen LogP contribution >= 0.6 is 0 Å². The van der Waals surface area contributed by atoms with Gasteiger partial charge in [-0.2, -0.15) is 10.1 Å². The molecule has 24 heavy (non-hydrogen) atoms. The van der Waals surface area contributed by atoms with Crippen LogP contribution in [-0.2, 0) is 10.3 Å². The molecule has 1 atom stereocenters. The number of carbonyl (C=O) groups excluding carboxylic acids is 1. The summed E-state index contributed by atoms with van der Waals surface area (Å²) in [5.41, 5.74) is 5.44. The van der Waals surface area contributed by atoms with Crippen molar-refractivity contribution in [2.75, 3.05) is 18.0 Å². The molecule has 1 unspecified atom stereocenters. The molecule has 1 amide bonds. The highest BCUT2D eigenvalue weighted by Crippen LogP contribution is 2.24. The number of primary amides is 1. The molecule has 1 fully saturated rings. The standard InChI is InChI=1S/C16H24N6O2/c1-16(2,3)22-13-11(8-18-22)14(24)20-15(19-13)21-6-4-5-10(9-21)7-12(17)23/h8,10H,4-7,9H2,1-3H3,(H2,17,23)(H,19,20,24). The van der Waals surface area contributed by atoms with Crippen LogP contribution in [0.4, 0.5) is 5.95 Å². The average molecular weight is 332 g/mol. The van der Waals surface area contributed by atoms with E-state index in [4.69, 9.17) is 5.73 Å². The molecule has 0 spiro atoms. The summed E-state index contributed by atoms with van der Waals surface area (Å²) in [6.45, 7) is 7.53. The van der Waals surface area contributed by atoms with Crippen LogP contribution in [0.5, 0.6) is 0 Å². The van der Waals surface area contributed by atoms with E-state index >= 15 is 0 Å². The Hall–Kier alpha value is -2.38. The van der Waals surface area contributed by atoms with Gasteiger partial charge in [0.25, 0.3) is 5.56 Å². The number of carbonyl (C=O) groups is 1. The number of amides is 1. The van der Waals surface area contributed by atoms with Crippen molar-refractivity contribution < 1.29 is 4.79 Å². The van der Waals surface area contributed by atoms with Gasteiger partial charge in [0.05, 0.1) is 11.7 Å². The maximum atomic E-state index is 12.4. The van der Waals surface area contributed by atoms with Gasteiger partial charge >= 0.3 is 0 Å². The Bertz CT molecular complexity index is 816. The molecule has 0 aromatic carbocycles. The molecule has 3 N–H and O–H groups in total. The molecule has 8 heteroatoms. The molecule has 2 aromatic heterocycles. The fourth-order valence-corrected chi connectivity index (χ4v) is 3.26. The van der Waals surface area contributed by atoms with Gasteiger partial charge in [-0.25, -0.2) is 4.68 Å². The lowest BCUT2D eigenvalue weighted by Gasteiger charge is -2.32. The highest BCUT2D eigenvalue weighted by atomic mass is 16.1. The number of aromatic nitrogens is 4. The predicted octanol–water partition coefficient (Wildman–Crippen LogP) is 0.966. The van der Waals surface area contributed by atoms with Gasteiger partial charge in [-0.3, -0.25) is 14.6 Å². The molecular weight excluding hydrogens is 308 g/mol. The Balaban J connectivity index is 1.97. The molecule has 0 saturated carbocycles. The molecule has 1 aliphatic rings. The lowest BCUT2D eigenvalue weighted by Crippen LogP contribution is -2.39. The number of nitrogens with one attached hydrogen (secondary N) is 1. The Morgan fingerprint density at radius 1 is 1.46 bits per heavy atom. The monoisotopic (exact) mass is 332 g/mol. The van der Waals surface area contributed by atoms with E-state index in [1.54, 1.807) is 10.9 Å². The first-order chi connectivity index (χ1) is 11.3. The summed E-state index contributed by atoms with van der Waals surface area (Å²) in [6, 6.07) is 0. The molecule has 0 bridgehead atoms. The van der Waals surface area contributed by atoms with Crippen molar-refractivity contribution in [1.29, 1.82) is 0 Å². The van der Waals surface area contributed by atoms with E-state index in [0.717, 1.165) is 19.4 Å². The van der Waals surface area contributed by atoms with Gasteiger partial charge < -0.3 is 10.6 Å². The minimum Gasteiger partial charge on any atom is -0.370 e. The molecule has 8 nitrogen and oxygen atoms in total. The average Bonchev–Trinajstić information content (AvgIpc) is 2.91. The number of nitrogens with zero attached hydrogens (tertiary/aromatic N) is 4. The first-order valence-electron chi connectivity index (χ1n) is 8.27. The minimum absolute atomic E-state index is 0.192. The number of anilines is 1. The second kappa shape index (κ2) is 5.92.